The number of hydrogen-bond donors (Lipinski definition) is 1. The third kappa shape index (κ3) is 3.21. The maximum atomic E-state index is 12.1. The number of nitrogens with one attached hydrogen (secondary N) is 1. The van der Waals surface area contributed by atoms with Crippen molar-refractivity contribution in [3.8, 4) is 0 Å². The van der Waals surface area contributed by atoms with Crippen LogP contribution in [0.25, 0.3) is 0 Å². The maximum absolute atomic E-state index is 12.1. The fraction of sp³-hybridized carbons (Fsp3) is 0.583. The van der Waals surface area contributed by atoms with Crippen molar-refractivity contribution in [2.24, 2.45) is 0 Å². The smallest absolute Gasteiger partial charge is 0.240 e. The first-order valence-electron chi connectivity index (χ1n) is 5.97. The Morgan fingerprint density at radius 3 is 3.06 bits per heavy atom. The lowest BCUT2D eigenvalue weighted by molar-refractivity contribution is -0.129. The maximum Gasteiger partial charge on any atom is 0.240 e. The highest BCUT2D eigenvalue weighted by molar-refractivity contribution is 7.16. The molecule has 0 aliphatic carbocycles. The van der Waals surface area contributed by atoms with Crippen LogP contribution < -0.4 is 5.32 Å². The summed E-state index contributed by atoms with van der Waals surface area (Å²) in [6, 6.07) is 3.90. The molecule has 17 heavy (non-hydrogen) atoms. The van der Waals surface area contributed by atoms with Gasteiger partial charge in [0.25, 0.3) is 0 Å². The van der Waals surface area contributed by atoms with Gasteiger partial charge in [0.05, 0.1) is 16.9 Å². The molecule has 1 unspecified atom stereocenters. The third-order valence-electron chi connectivity index (χ3n) is 2.91. The Hall–Kier alpha value is -0.580. The molecule has 94 valence electrons. The van der Waals surface area contributed by atoms with Crippen molar-refractivity contribution >= 4 is 28.8 Å². The van der Waals surface area contributed by atoms with Crippen molar-refractivity contribution in [2.75, 3.05) is 13.1 Å². The van der Waals surface area contributed by atoms with Gasteiger partial charge in [0.15, 0.2) is 0 Å². The fourth-order valence-corrected chi connectivity index (χ4v) is 3.13. The highest BCUT2D eigenvalue weighted by atomic mass is 35.5. The molecule has 1 atom stereocenters. The molecule has 0 spiro atoms. The molecule has 2 heterocycles. The molecule has 0 aromatic carbocycles. The number of carbonyl (C=O) groups excluding carboxylic acids is 1. The SMILES string of the molecule is CCCNC1CCN(Cc2ccc(Cl)s2)C1=O. The predicted molar refractivity (Wildman–Crippen MR) is 71.4 cm³/mol. The van der Waals surface area contributed by atoms with E-state index in [1.54, 1.807) is 11.3 Å². The normalized spacial score (nSPS) is 20.2. The average Bonchev–Trinajstić information content (AvgIpc) is 2.86. The summed E-state index contributed by atoms with van der Waals surface area (Å²) in [5, 5.41) is 3.29. The fourth-order valence-electron chi connectivity index (χ4n) is 2.03. The lowest BCUT2D eigenvalue weighted by atomic mass is 10.2. The van der Waals surface area contributed by atoms with Gasteiger partial charge in [0, 0.05) is 11.4 Å². The van der Waals surface area contributed by atoms with E-state index in [2.05, 4.69) is 12.2 Å². The lowest BCUT2D eigenvalue weighted by Crippen LogP contribution is -2.38. The zero-order valence-electron chi connectivity index (χ0n) is 9.91. The number of nitrogens with zero attached hydrogens (tertiary/aromatic N) is 1. The third-order valence-corrected chi connectivity index (χ3v) is 4.13. The van der Waals surface area contributed by atoms with E-state index >= 15 is 0 Å². The summed E-state index contributed by atoms with van der Waals surface area (Å²) in [5.41, 5.74) is 0. The van der Waals surface area contributed by atoms with Crippen molar-refractivity contribution in [3.63, 3.8) is 0 Å². The summed E-state index contributed by atoms with van der Waals surface area (Å²) >= 11 is 7.43. The monoisotopic (exact) mass is 272 g/mol. The van der Waals surface area contributed by atoms with Crippen LogP contribution in [0, 0.1) is 0 Å². The predicted octanol–water partition coefficient (Wildman–Crippen LogP) is 2.50. The summed E-state index contributed by atoms with van der Waals surface area (Å²) in [4.78, 5) is 15.1. The first kappa shape index (κ1) is 12.9. The Balaban J connectivity index is 1.89. The molecule has 0 bridgehead atoms. The Bertz CT molecular complexity index is 394. The first-order valence-corrected chi connectivity index (χ1v) is 7.16. The molecule has 5 heteroatoms. The minimum absolute atomic E-state index is 0.0189. The summed E-state index contributed by atoms with van der Waals surface area (Å²) in [7, 11) is 0. The molecule has 1 aromatic heterocycles. The minimum atomic E-state index is 0.0189. The van der Waals surface area contributed by atoms with Gasteiger partial charge in [0.1, 0.15) is 0 Å². The van der Waals surface area contributed by atoms with Crippen LogP contribution >= 0.6 is 22.9 Å². The van der Waals surface area contributed by atoms with Gasteiger partial charge in [-0.05, 0) is 31.5 Å². The molecule has 1 N–H and O–H groups in total. The quantitative estimate of drug-likeness (QED) is 0.893. The average molecular weight is 273 g/mol. The Morgan fingerprint density at radius 1 is 1.59 bits per heavy atom. The summed E-state index contributed by atoms with van der Waals surface area (Å²) in [6.07, 6.45) is 1.97. The van der Waals surface area contributed by atoms with Crippen molar-refractivity contribution < 1.29 is 4.79 Å². The molecule has 2 rings (SSSR count). The first-order chi connectivity index (χ1) is 8.20. The van der Waals surface area contributed by atoms with Gasteiger partial charge in [-0.3, -0.25) is 4.79 Å². The van der Waals surface area contributed by atoms with Crippen molar-refractivity contribution in [3.05, 3.63) is 21.3 Å². The molecule has 0 saturated carbocycles. The van der Waals surface area contributed by atoms with Gasteiger partial charge in [-0.25, -0.2) is 0 Å². The number of carbonyl (C=O) groups is 1. The second kappa shape index (κ2) is 5.85. The molecule has 1 fully saturated rings. The number of thiophene rings is 1. The molecule has 1 aliphatic rings. The standard InChI is InChI=1S/C12H17ClN2OS/c1-2-6-14-10-5-7-15(12(10)16)8-9-3-4-11(13)17-9/h3-4,10,14H,2,5-8H2,1H3. The molecule has 1 saturated heterocycles. The van der Waals surface area contributed by atoms with Crippen LogP contribution in [0.1, 0.15) is 24.6 Å². The molecule has 3 nitrogen and oxygen atoms in total. The highest BCUT2D eigenvalue weighted by Gasteiger charge is 2.30. The van der Waals surface area contributed by atoms with Crippen LogP contribution in [-0.2, 0) is 11.3 Å². The topological polar surface area (TPSA) is 32.3 Å². The van der Waals surface area contributed by atoms with E-state index < -0.39 is 0 Å². The van der Waals surface area contributed by atoms with Crippen LogP contribution in [0.15, 0.2) is 12.1 Å². The van der Waals surface area contributed by atoms with E-state index in [0.717, 1.165) is 35.1 Å². The number of likely N-dealkylation sites (tertiary alicyclic amines) is 1. The van der Waals surface area contributed by atoms with Gasteiger partial charge in [-0.2, -0.15) is 0 Å². The lowest BCUT2D eigenvalue weighted by Gasteiger charge is -2.16. The molecular weight excluding hydrogens is 256 g/mol. The second-order valence-corrected chi connectivity index (χ2v) is 6.06. The Morgan fingerprint density at radius 2 is 2.41 bits per heavy atom. The van der Waals surface area contributed by atoms with E-state index in [-0.39, 0.29) is 11.9 Å². The summed E-state index contributed by atoms with van der Waals surface area (Å²) < 4.78 is 0.785. The largest absolute Gasteiger partial charge is 0.336 e. The molecule has 1 amide bonds. The molecule has 1 aliphatic heterocycles. The zero-order chi connectivity index (χ0) is 12.3. The van der Waals surface area contributed by atoms with Gasteiger partial charge < -0.3 is 10.2 Å². The number of rotatable bonds is 5. The minimum Gasteiger partial charge on any atom is -0.336 e. The Kier molecular flexibility index (Phi) is 4.42. The van der Waals surface area contributed by atoms with E-state index in [0.29, 0.717) is 6.54 Å². The van der Waals surface area contributed by atoms with E-state index in [1.165, 1.54) is 0 Å². The summed E-state index contributed by atoms with van der Waals surface area (Å²) in [6.45, 7) is 4.56. The van der Waals surface area contributed by atoms with Crippen LogP contribution in [0.2, 0.25) is 4.34 Å². The molecule has 0 radical (unpaired) electrons. The highest BCUT2D eigenvalue weighted by Crippen LogP contribution is 2.24. The van der Waals surface area contributed by atoms with Gasteiger partial charge in [-0.15, -0.1) is 11.3 Å². The number of hydrogen-bond acceptors (Lipinski definition) is 3. The van der Waals surface area contributed by atoms with E-state index in [9.17, 15) is 4.79 Å². The van der Waals surface area contributed by atoms with Crippen molar-refractivity contribution in [1.82, 2.24) is 10.2 Å². The number of amides is 1. The van der Waals surface area contributed by atoms with E-state index in [1.807, 2.05) is 17.0 Å². The summed E-state index contributed by atoms with van der Waals surface area (Å²) in [5.74, 6) is 0.225. The van der Waals surface area contributed by atoms with Crippen molar-refractivity contribution in [1.29, 1.82) is 0 Å². The van der Waals surface area contributed by atoms with Crippen LogP contribution in [0.4, 0.5) is 0 Å². The van der Waals surface area contributed by atoms with E-state index in [4.69, 9.17) is 11.6 Å². The van der Waals surface area contributed by atoms with Gasteiger partial charge in [0.2, 0.25) is 5.91 Å². The zero-order valence-corrected chi connectivity index (χ0v) is 11.5. The number of halogens is 1. The van der Waals surface area contributed by atoms with Crippen molar-refractivity contribution in [2.45, 2.75) is 32.4 Å². The molecule has 1 aromatic rings. The van der Waals surface area contributed by atoms with Crippen LogP contribution in [0.3, 0.4) is 0 Å². The van der Waals surface area contributed by atoms with Crippen LogP contribution in [-0.4, -0.2) is 29.9 Å². The Labute approximate surface area is 111 Å². The van der Waals surface area contributed by atoms with Gasteiger partial charge in [-0.1, -0.05) is 18.5 Å². The molecular formula is C12H17ClN2OS. The second-order valence-electron chi connectivity index (χ2n) is 4.26. The van der Waals surface area contributed by atoms with Crippen LogP contribution in [0.5, 0.6) is 0 Å². The van der Waals surface area contributed by atoms with Gasteiger partial charge >= 0.3 is 0 Å².